The number of esters is 1. The fraction of sp³-hybridized carbons (Fsp3) is 0.176. The van der Waals surface area contributed by atoms with Gasteiger partial charge in [-0.05, 0) is 29.8 Å². The Bertz CT molecular complexity index is 749. The number of hydrogen-bond acceptors (Lipinski definition) is 4. The maximum atomic E-state index is 13.5. The topological polar surface area (TPSA) is 64.6 Å². The van der Waals surface area contributed by atoms with Gasteiger partial charge in [0.2, 0.25) is 0 Å². The van der Waals surface area contributed by atoms with Crippen LogP contribution in [0, 0.1) is 11.6 Å². The number of carbonyl (C=O) groups excluding carboxylic acids is 2. The molecule has 0 bridgehead atoms. The van der Waals surface area contributed by atoms with Crippen molar-refractivity contribution in [1.29, 1.82) is 0 Å². The zero-order chi connectivity index (χ0) is 17.5. The fourth-order valence-corrected chi connectivity index (χ4v) is 1.91. The summed E-state index contributed by atoms with van der Waals surface area (Å²) in [7, 11) is 1.34. The highest BCUT2D eigenvalue weighted by atomic mass is 19.1. The molecule has 126 valence electrons. The van der Waals surface area contributed by atoms with Crippen LogP contribution in [0.1, 0.15) is 15.9 Å². The molecule has 0 heterocycles. The van der Waals surface area contributed by atoms with Gasteiger partial charge in [-0.2, -0.15) is 0 Å². The summed E-state index contributed by atoms with van der Waals surface area (Å²) in [6.45, 7) is -0.582. The van der Waals surface area contributed by atoms with Gasteiger partial charge in [0.15, 0.2) is 11.6 Å². The van der Waals surface area contributed by atoms with Crippen molar-refractivity contribution in [3.05, 3.63) is 65.2 Å². The van der Waals surface area contributed by atoms with Crippen LogP contribution in [0.3, 0.4) is 0 Å². The van der Waals surface area contributed by atoms with Gasteiger partial charge in [-0.1, -0.05) is 18.2 Å². The van der Waals surface area contributed by atoms with Gasteiger partial charge < -0.3 is 14.8 Å². The first kappa shape index (κ1) is 17.4. The zero-order valence-corrected chi connectivity index (χ0v) is 12.8. The van der Waals surface area contributed by atoms with Gasteiger partial charge >= 0.3 is 5.97 Å². The second-order valence-corrected chi connectivity index (χ2v) is 4.79. The molecule has 2 rings (SSSR count). The monoisotopic (exact) mass is 335 g/mol. The predicted octanol–water partition coefficient (Wildman–Crippen LogP) is 2.45. The minimum absolute atomic E-state index is 0.0854. The van der Waals surface area contributed by atoms with E-state index in [1.165, 1.54) is 37.4 Å². The lowest BCUT2D eigenvalue weighted by molar-refractivity contribution is -0.143. The molecule has 0 unspecified atom stereocenters. The van der Waals surface area contributed by atoms with E-state index in [0.717, 1.165) is 6.07 Å². The van der Waals surface area contributed by atoms with Crippen LogP contribution in [-0.4, -0.2) is 25.5 Å². The first-order valence-electron chi connectivity index (χ1n) is 7.02. The molecule has 1 N–H and O–H groups in total. The van der Waals surface area contributed by atoms with Gasteiger partial charge in [0, 0.05) is 0 Å². The normalized spacial score (nSPS) is 10.1. The Labute approximate surface area is 137 Å². The van der Waals surface area contributed by atoms with Crippen LogP contribution >= 0.6 is 0 Å². The molecule has 0 aliphatic heterocycles. The Morgan fingerprint density at radius 2 is 1.83 bits per heavy atom. The third kappa shape index (κ3) is 4.52. The number of rotatable bonds is 6. The highest BCUT2D eigenvalue weighted by Crippen LogP contribution is 2.18. The van der Waals surface area contributed by atoms with Crippen molar-refractivity contribution >= 4 is 11.9 Å². The van der Waals surface area contributed by atoms with E-state index >= 15 is 0 Å². The van der Waals surface area contributed by atoms with Crippen LogP contribution in [0.4, 0.5) is 8.78 Å². The van der Waals surface area contributed by atoms with E-state index in [-0.39, 0.29) is 17.9 Å². The van der Waals surface area contributed by atoms with Crippen LogP contribution in [-0.2, 0) is 16.1 Å². The molecule has 0 aliphatic carbocycles. The van der Waals surface area contributed by atoms with E-state index < -0.39 is 30.1 Å². The number of nitrogens with one attached hydrogen (secondary N) is 1. The van der Waals surface area contributed by atoms with Gasteiger partial charge in [-0.3, -0.25) is 9.59 Å². The molecule has 0 aliphatic rings. The molecule has 0 radical (unpaired) electrons. The number of benzene rings is 2. The third-order valence-electron chi connectivity index (χ3n) is 3.13. The maximum absolute atomic E-state index is 13.5. The predicted molar refractivity (Wildman–Crippen MR) is 81.5 cm³/mol. The molecular weight excluding hydrogens is 320 g/mol. The highest BCUT2D eigenvalue weighted by Gasteiger charge is 2.13. The average Bonchev–Trinajstić information content (AvgIpc) is 2.58. The number of carbonyl (C=O) groups is 2. The minimum atomic E-state index is -0.726. The third-order valence-corrected chi connectivity index (χ3v) is 3.13. The van der Waals surface area contributed by atoms with E-state index in [2.05, 4.69) is 5.32 Å². The number of methoxy groups -OCH3 is 1. The second-order valence-electron chi connectivity index (χ2n) is 4.79. The molecular formula is C17H15F2NO4. The fourth-order valence-electron chi connectivity index (χ4n) is 1.91. The second kappa shape index (κ2) is 8.05. The smallest absolute Gasteiger partial charge is 0.325 e. The standard InChI is InChI=1S/C17H15F2NO4/c1-23-15-7-6-11(8-14(15)19)10-24-16(21)9-20-17(22)12-4-2-3-5-13(12)18/h2-8H,9-10H2,1H3,(H,20,22). The van der Waals surface area contributed by atoms with Crippen molar-refractivity contribution in [2.24, 2.45) is 0 Å². The van der Waals surface area contributed by atoms with Crippen LogP contribution in [0.5, 0.6) is 5.75 Å². The van der Waals surface area contributed by atoms with Gasteiger partial charge in [0.25, 0.3) is 5.91 Å². The van der Waals surface area contributed by atoms with Crippen molar-refractivity contribution in [2.75, 3.05) is 13.7 Å². The Morgan fingerprint density at radius 1 is 1.08 bits per heavy atom. The van der Waals surface area contributed by atoms with Crippen LogP contribution < -0.4 is 10.1 Å². The summed E-state index contributed by atoms with van der Waals surface area (Å²) in [6.07, 6.45) is 0. The van der Waals surface area contributed by atoms with Crippen molar-refractivity contribution in [1.82, 2.24) is 5.32 Å². The van der Waals surface area contributed by atoms with E-state index in [9.17, 15) is 18.4 Å². The number of halogens is 2. The molecule has 1 amide bonds. The van der Waals surface area contributed by atoms with Gasteiger partial charge in [-0.15, -0.1) is 0 Å². The summed E-state index contributed by atoms with van der Waals surface area (Å²) in [5.41, 5.74) is 0.268. The molecule has 0 saturated carbocycles. The molecule has 0 aromatic heterocycles. The maximum Gasteiger partial charge on any atom is 0.325 e. The summed E-state index contributed by atoms with van der Waals surface area (Å²) >= 11 is 0. The summed E-state index contributed by atoms with van der Waals surface area (Å²) in [6, 6.07) is 9.56. The van der Waals surface area contributed by atoms with Gasteiger partial charge in [0.1, 0.15) is 19.0 Å². The molecule has 0 spiro atoms. The summed E-state index contributed by atoms with van der Waals surface area (Å²) in [5.74, 6) is -2.62. The molecule has 5 nitrogen and oxygen atoms in total. The number of ether oxygens (including phenoxy) is 2. The van der Waals surface area contributed by atoms with Gasteiger partial charge in [0.05, 0.1) is 12.7 Å². The SMILES string of the molecule is COc1ccc(COC(=O)CNC(=O)c2ccccc2F)cc1F. The van der Waals surface area contributed by atoms with E-state index in [0.29, 0.717) is 5.56 Å². The minimum Gasteiger partial charge on any atom is -0.494 e. The Hall–Kier alpha value is -2.96. The lowest BCUT2D eigenvalue weighted by Gasteiger charge is -2.08. The summed E-state index contributed by atoms with van der Waals surface area (Å²) < 4.78 is 36.6. The summed E-state index contributed by atoms with van der Waals surface area (Å²) in [5, 5.41) is 2.26. The summed E-state index contributed by atoms with van der Waals surface area (Å²) in [4.78, 5) is 23.3. The van der Waals surface area contributed by atoms with Crippen molar-refractivity contribution in [2.45, 2.75) is 6.61 Å². The molecule has 2 aromatic rings. The highest BCUT2D eigenvalue weighted by molar-refractivity contribution is 5.96. The van der Waals surface area contributed by atoms with Crippen LogP contribution in [0.25, 0.3) is 0 Å². The Kier molecular flexibility index (Phi) is 5.83. The van der Waals surface area contributed by atoms with Crippen molar-refractivity contribution in [3.63, 3.8) is 0 Å². The molecule has 2 aromatic carbocycles. The molecule has 24 heavy (non-hydrogen) atoms. The first-order valence-corrected chi connectivity index (χ1v) is 7.02. The lowest BCUT2D eigenvalue weighted by atomic mass is 10.2. The molecule has 0 fully saturated rings. The van der Waals surface area contributed by atoms with Crippen molar-refractivity contribution < 1.29 is 27.8 Å². The van der Waals surface area contributed by atoms with Crippen LogP contribution in [0.2, 0.25) is 0 Å². The lowest BCUT2D eigenvalue weighted by Crippen LogP contribution is -2.31. The number of amides is 1. The number of hydrogen-bond donors (Lipinski definition) is 1. The van der Waals surface area contributed by atoms with Crippen molar-refractivity contribution in [3.8, 4) is 5.75 Å². The van der Waals surface area contributed by atoms with E-state index in [4.69, 9.17) is 9.47 Å². The first-order chi connectivity index (χ1) is 11.5. The average molecular weight is 335 g/mol. The quantitative estimate of drug-likeness (QED) is 0.824. The molecule has 7 heteroatoms. The molecule has 0 atom stereocenters. The molecule has 0 saturated heterocycles. The largest absolute Gasteiger partial charge is 0.494 e. The van der Waals surface area contributed by atoms with E-state index in [1.807, 2.05) is 0 Å². The zero-order valence-electron chi connectivity index (χ0n) is 12.8. The van der Waals surface area contributed by atoms with E-state index in [1.54, 1.807) is 6.07 Å². The Morgan fingerprint density at radius 3 is 2.50 bits per heavy atom. The van der Waals surface area contributed by atoms with Crippen LogP contribution in [0.15, 0.2) is 42.5 Å². The Balaban J connectivity index is 1.82. The van der Waals surface area contributed by atoms with Gasteiger partial charge in [-0.25, -0.2) is 8.78 Å².